The van der Waals surface area contributed by atoms with E-state index in [4.69, 9.17) is 4.74 Å². The van der Waals surface area contributed by atoms with Gasteiger partial charge < -0.3 is 10.1 Å². The Morgan fingerprint density at radius 1 is 1.20 bits per heavy atom. The Kier molecular flexibility index (Phi) is 3.97. The number of fused-ring (bicyclic) bond motifs is 1. The van der Waals surface area contributed by atoms with E-state index in [1.54, 1.807) is 0 Å². The fourth-order valence-corrected chi connectivity index (χ4v) is 2.89. The van der Waals surface area contributed by atoms with Gasteiger partial charge in [0.05, 0.1) is 11.7 Å². The molecule has 0 bridgehead atoms. The second-order valence-electron chi connectivity index (χ2n) is 5.14. The van der Waals surface area contributed by atoms with Gasteiger partial charge in [-0.25, -0.2) is 0 Å². The summed E-state index contributed by atoms with van der Waals surface area (Å²) in [5.74, 6) is 0.923. The van der Waals surface area contributed by atoms with Crippen LogP contribution in [0.4, 0.5) is 5.69 Å². The van der Waals surface area contributed by atoms with Crippen molar-refractivity contribution in [3.63, 3.8) is 0 Å². The van der Waals surface area contributed by atoms with Crippen LogP contribution in [0, 0.1) is 0 Å². The lowest BCUT2D eigenvalue weighted by Gasteiger charge is -2.28. The molecule has 0 aromatic heterocycles. The standard InChI is InChI=1S/C17H18BrNO/c1-2-3-12-4-6-13(7-5-12)16-11-20-17-9-8-14(18)10-15(17)19-16/h4-10,16,19H,2-3,11H2,1H3. The Balaban J connectivity index is 1.79. The van der Waals surface area contributed by atoms with Gasteiger partial charge in [0.25, 0.3) is 0 Å². The molecule has 0 saturated carbocycles. The van der Waals surface area contributed by atoms with E-state index in [1.165, 1.54) is 17.5 Å². The highest BCUT2D eigenvalue weighted by atomic mass is 79.9. The summed E-state index contributed by atoms with van der Waals surface area (Å²) in [4.78, 5) is 0. The Bertz CT molecular complexity index is 594. The van der Waals surface area contributed by atoms with E-state index in [2.05, 4.69) is 58.5 Å². The van der Waals surface area contributed by atoms with Crippen LogP contribution in [0.25, 0.3) is 0 Å². The highest BCUT2D eigenvalue weighted by Gasteiger charge is 2.20. The summed E-state index contributed by atoms with van der Waals surface area (Å²) in [5, 5.41) is 3.55. The molecule has 1 heterocycles. The maximum Gasteiger partial charge on any atom is 0.142 e. The van der Waals surface area contributed by atoms with Gasteiger partial charge in [-0.05, 0) is 35.7 Å². The van der Waals surface area contributed by atoms with Crippen molar-refractivity contribution in [2.24, 2.45) is 0 Å². The summed E-state index contributed by atoms with van der Waals surface area (Å²) >= 11 is 3.50. The van der Waals surface area contributed by atoms with Crippen molar-refractivity contribution < 1.29 is 4.74 Å². The molecule has 0 spiro atoms. The predicted octanol–water partition coefficient (Wildman–Crippen LogP) is 4.95. The third kappa shape index (κ3) is 2.83. The highest BCUT2D eigenvalue weighted by Crippen LogP contribution is 2.35. The van der Waals surface area contributed by atoms with Crippen LogP contribution < -0.4 is 10.1 Å². The molecule has 104 valence electrons. The Hall–Kier alpha value is -1.48. The first-order valence-electron chi connectivity index (χ1n) is 7.04. The SMILES string of the molecule is CCCc1ccc(C2COc3ccc(Br)cc3N2)cc1. The van der Waals surface area contributed by atoms with Gasteiger partial charge in [-0.15, -0.1) is 0 Å². The average molecular weight is 332 g/mol. The fraction of sp³-hybridized carbons (Fsp3) is 0.294. The summed E-state index contributed by atoms with van der Waals surface area (Å²) in [6.07, 6.45) is 2.33. The van der Waals surface area contributed by atoms with Crippen LogP contribution in [0.2, 0.25) is 0 Å². The molecule has 0 radical (unpaired) electrons. The quantitative estimate of drug-likeness (QED) is 0.859. The molecule has 1 aliphatic rings. The summed E-state index contributed by atoms with van der Waals surface area (Å²) < 4.78 is 6.90. The van der Waals surface area contributed by atoms with E-state index in [0.29, 0.717) is 6.61 Å². The van der Waals surface area contributed by atoms with Crippen molar-refractivity contribution in [3.05, 3.63) is 58.1 Å². The first-order chi connectivity index (χ1) is 9.76. The van der Waals surface area contributed by atoms with Gasteiger partial charge in [-0.3, -0.25) is 0 Å². The molecule has 20 heavy (non-hydrogen) atoms. The molecule has 2 aromatic carbocycles. The molecule has 2 nitrogen and oxygen atoms in total. The lowest BCUT2D eigenvalue weighted by molar-refractivity contribution is 0.286. The number of ether oxygens (including phenoxy) is 1. The number of hydrogen-bond donors (Lipinski definition) is 1. The number of benzene rings is 2. The Morgan fingerprint density at radius 3 is 2.75 bits per heavy atom. The molecule has 1 aliphatic heterocycles. The minimum atomic E-state index is 0.215. The maximum atomic E-state index is 5.84. The van der Waals surface area contributed by atoms with Gasteiger partial charge in [0.2, 0.25) is 0 Å². The minimum absolute atomic E-state index is 0.215. The zero-order valence-corrected chi connectivity index (χ0v) is 13.1. The zero-order chi connectivity index (χ0) is 13.9. The van der Waals surface area contributed by atoms with Gasteiger partial charge in [-0.1, -0.05) is 53.5 Å². The molecule has 0 aliphatic carbocycles. The summed E-state index contributed by atoms with van der Waals surface area (Å²) in [5.41, 5.74) is 3.72. The van der Waals surface area contributed by atoms with Crippen molar-refractivity contribution >= 4 is 21.6 Å². The van der Waals surface area contributed by atoms with Crippen molar-refractivity contribution in [3.8, 4) is 5.75 Å². The van der Waals surface area contributed by atoms with Gasteiger partial charge in [0, 0.05) is 4.47 Å². The van der Waals surface area contributed by atoms with E-state index in [-0.39, 0.29) is 6.04 Å². The molecular formula is C17H18BrNO. The second-order valence-corrected chi connectivity index (χ2v) is 6.06. The molecule has 0 saturated heterocycles. The van der Waals surface area contributed by atoms with Crippen molar-refractivity contribution in [2.45, 2.75) is 25.8 Å². The van der Waals surface area contributed by atoms with Crippen LogP contribution >= 0.6 is 15.9 Å². The molecule has 3 rings (SSSR count). The van der Waals surface area contributed by atoms with Crippen molar-refractivity contribution in [1.82, 2.24) is 0 Å². The molecule has 1 atom stereocenters. The van der Waals surface area contributed by atoms with Crippen LogP contribution in [-0.4, -0.2) is 6.61 Å². The van der Waals surface area contributed by atoms with Crippen LogP contribution in [0.15, 0.2) is 46.9 Å². The van der Waals surface area contributed by atoms with Gasteiger partial charge in [0.1, 0.15) is 12.4 Å². The lowest BCUT2D eigenvalue weighted by Crippen LogP contribution is -2.23. The number of halogens is 1. The Morgan fingerprint density at radius 2 is 2.00 bits per heavy atom. The molecular weight excluding hydrogens is 314 g/mol. The second kappa shape index (κ2) is 5.88. The number of rotatable bonds is 3. The molecule has 0 fully saturated rings. The Labute approximate surface area is 128 Å². The summed E-state index contributed by atoms with van der Waals surface area (Å²) in [6.45, 7) is 2.88. The fourth-order valence-electron chi connectivity index (χ4n) is 2.53. The summed E-state index contributed by atoms with van der Waals surface area (Å²) in [7, 11) is 0. The van der Waals surface area contributed by atoms with Crippen LogP contribution in [-0.2, 0) is 6.42 Å². The van der Waals surface area contributed by atoms with E-state index < -0.39 is 0 Å². The highest BCUT2D eigenvalue weighted by molar-refractivity contribution is 9.10. The van der Waals surface area contributed by atoms with Crippen LogP contribution in [0.3, 0.4) is 0 Å². The van der Waals surface area contributed by atoms with Crippen molar-refractivity contribution in [2.75, 3.05) is 11.9 Å². The first-order valence-corrected chi connectivity index (χ1v) is 7.83. The number of hydrogen-bond acceptors (Lipinski definition) is 2. The molecule has 2 aromatic rings. The zero-order valence-electron chi connectivity index (χ0n) is 11.5. The molecule has 3 heteroatoms. The lowest BCUT2D eigenvalue weighted by atomic mass is 10.0. The number of anilines is 1. The first kappa shape index (κ1) is 13.5. The number of nitrogens with one attached hydrogen (secondary N) is 1. The van der Waals surface area contributed by atoms with E-state index in [9.17, 15) is 0 Å². The maximum absolute atomic E-state index is 5.84. The average Bonchev–Trinajstić information content (AvgIpc) is 2.47. The van der Waals surface area contributed by atoms with Gasteiger partial charge in [0.15, 0.2) is 0 Å². The predicted molar refractivity (Wildman–Crippen MR) is 86.4 cm³/mol. The normalized spacial score (nSPS) is 17.0. The van der Waals surface area contributed by atoms with E-state index in [0.717, 1.165) is 22.3 Å². The van der Waals surface area contributed by atoms with Gasteiger partial charge >= 0.3 is 0 Å². The minimum Gasteiger partial charge on any atom is -0.489 e. The van der Waals surface area contributed by atoms with E-state index in [1.807, 2.05) is 12.1 Å². The summed E-state index contributed by atoms with van der Waals surface area (Å²) in [6, 6.07) is 15.1. The molecule has 0 amide bonds. The monoisotopic (exact) mass is 331 g/mol. The number of aryl methyl sites for hydroxylation is 1. The third-order valence-corrected chi connectivity index (χ3v) is 4.09. The smallest absolute Gasteiger partial charge is 0.142 e. The topological polar surface area (TPSA) is 21.3 Å². The molecule has 1 N–H and O–H groups in total. The van der Waals surface area contributed by atoms with Crippen LogP contribution in [0.5, 0.6) is 5.75 Å². The van der Waals surface area contributed by atoms with Crippen molar-refractivity contribution in [1.29, 1.82) is 0 Å². The molecule has 1 unspecified atom stereocenters. The van der Waals surface area contributed by atoms with Crippen LogP contribution in [0.1, 0.15) is 30.5 Å². The largest absolute Gasteiger partial charge is 0.489 e. The van der Waals surface area contributed by atoms with Gasteiger partial charge in [-0.2, -0.15) is 0 Å². The third-order valence-electron chi connectivity index (χ3n) is 3.60. The van der Waals surface area contributed by atoms with E-state index >= 15 is 0 Å².